The van der Waals surface area contributed by atoms with Gasteiger partial charge < -0.3 is 4.74 Å². The van der Waals surface area contributed by atoms with E-state index in [1.54, 1.807) is 0 Å². The summed E-state index contributed by atoms with van der Waals surface area (Å²) in [5.74, 6) is 8.43. The van der Waals surface area contributed by atoms with Crippen LogP contribution < -0.4 is 0 Å². The van der Waals surface area contributed by atoms with Crippen LogP contribution in [0.25, 0.3) is 0 Å². The molecule has 0 radical (unpaired) electrons. The molecular formula is C24H36F2O2. The van der Waals surface area contributed by atoms with Crippen LogP contribution in [0.5, 0.6) is 0 Å². The maximum absolute atomic E-state index is 13.9. The summed E-state index contributed by atoms with van der Waals surface area (Å²) >= 11 is 0. The highest BCUT2D eigenvalue weighted by atomic mass is 19.1. The van der Waals surface area contributed by atoms with Gasteiger partial charge in [0.1, 0.15) is 18.4 Å². The smallest absolute Gasteiger partial charge is 0.309 e. The summed E-state index contributed by atoms with van der Waals surface area (Å²) in [5.41, 5.74) is 0. The highest BCUT2D eigenvalue weighted by Gasteiger charge is 2.35. The second kappa shape index (κ2) is 10.6. The molecule has 0 aromatic carbocycles. The van der Waals surface area contributed by atoms with Gasteiger partial charge in [0.05, 0.1) is 5.92 Å². The number of esters is 1. The summed E-state index contributed by atoms with van der Waals surface area (Å²) < 4.78 is 32.5. The molecule has 3 fully saturated rings. The van der Waals surface area contributed by atoms with Gasteiger partial charge in [-0.2, -0.15) is 0 Å². The first-order valence-electron chi connectivity index (χ1n) is 11.5. The maximum Gasteiger partial charge on any atom is 0.309 e. The number of carbonyl (C=O) groups excluding carboxylic acids is 1. The van der Waals surface area contributed by atoms with E-state index in [1.165, 1.54) is 38.5 Å². The van der Waals surface area contributed by atoms with E-state index in [1.807, 2.05) is 0 Å². The van der Waals surface area contributed by atoms with E-state index < -0.39 is 18.4 Å². The van der Waals surface area contributed by atoms with Gasteiger partial charge in [0.25, 0.3) is 0 Å². The van der Waals surface area contributed by atoms with Crippen molar-refractivity contribution in [2.75, 3.05) is 0 Å². The minimum absolute atomic E-state index is 0.138. The molecule has 3 rings (SSSR count). The number of rotatable bonds is 4. The Morgan fingerprint density at radius 2 is 1.50 bits per heavy atom. The topological polar surface area (TPSA) is 26.3 Å². The Hall–Kier alpha value is -1.11. The Kier molecular flexibility index (Phi) is 8.18. The van der Waals surface area contributed by atoms with Crippen molar-refractivity contribution < 1.29 is 18.3 Å². The van der Waals surface area contributed by atoms with Crippen LogP contribution >= 0.6 is 0 Å². The zero-order valence-electron chi connectivity index (χ0n) is 17.3. The lowest BCUT2D eigenvalue weighted by molar-refractivity contribution is -0.161. The van der Waals surface area contributed by atoms with Crippen molar-refractivity contribution in [3.63, 3.8) is 0 Å². The van der Waals surface area contributed by atoms with Crippen molar-refractivity contribution in [1.29, 1.82) is 0 Å². The Balaban J connectivity index is 1.37. The summed E-state index contributed by atoms with van der Waals surface area (Å²) in [4.78, 5) is 12.4. The van der Waals surface area contributed by atoms with Gasteiger partial charge in [0.15, 0.2) is 0 Å². The minimum Gasteiger partial charge on any atom is -0.459 e. The first kappa shape index (κ1) is 21.6. The molecule has 3 aliphatic rings. The van der Waals surface area contributed by atoms with E-state index in [4.69, 9.17) is 4.74 Å². The van der Waals surface area contributed by atoms with Gasteiger partial charge in [-0.3, -0.25) is 4.79 Å². The minimum atomic E-state index is -1.36. The highest BCUT2D eigenvalue weighted by Crippen LogP contribution is 2.34. The fourth-order valence-electron chi connectivity index (χ4n) is 5.13. The second-order valence-electron chi connectivity index (χ2n) is 9.25. The van der Waals surface area contributed by atoms with Crippen LogP contribution in [0.4, 0.5) is 8.78 Å². The van der Waals surface area contributed by atoms with E-state index >= 15 is 0 Å². The van der Waals surface area contributed by atoms with Crippen molar-refractivity contribution in [1.82, 2.24) is 0 Å². The molecule has 3 atom stereocenters. The summed E-state index contributed by atoms with van der Waals surface area (Å²) in [6.07, 6.45) is 8.43. The predicted molar refractivity (Wildman–Crippen MR) is 107 cm³/mol. The van der Waals surface area contributed by atoms with Gasteiger partial charge in [0.2, 0.25) is 0 Å². The zero-order valence-corrected chi connectivity index (χ0v) is 17.3. The Morgan fingerprint density at radius 3 is 2.07 bits per heavy atom. The molecule has 28 heavy (non-hydrogen) atoms. The number of ether oxygens (including phenoxy) is 1. The average Bonchev–Trinajstić information content (AvgIpc) is 2.70. The van der Waals surface area contributed by atoms with Crippen molar-refractivity contribution in [3.05, 3.63) is 0 Å². The van der Waals surface area contributed by atoms with Crippen molar-refractivity contribution in [2.45, 2.75) is 109 Å². The number of hydrogen-bond donors (Lipinski definition) is 0. The monoisotopic (exact) mass is 394 g/mol. The van der Waals surface area contributed by atoms with Crippen molar-refractivity contribution in [3.8, 4) is 11.8 Å². The van der Waals surface area contributed by atoms with Gasteiger partial charge in [-0.15, -0.1) is 0 Å². The fraction of sp³-hybridized carbons (Fsp3) is 0.875. The third-order valence-corrected chi connectivity index (χ3v) is 7.01. The lowest BCUT2D eigenvalue weighted by Crippen LogP contribution is -2.37. The molecule has 0 aromatic heterocycles. The van der Waals surface area contributed by atoms with Gasteiger partial charge >= 0.3 is 5.97 Å². The number of halogens is 2. The lowest BCUT2D eigenvalue weighted by Gasteiger charge is -2.31. The fourth-order valence-corrected chi connectivity index (χ4v) is 5.13. The summed E-state index contributed by atoms with van der Waals surface area (Å²) in [6, 6.07) is 0. The molecule has 0 N–H and O–H groups in total. The maximum atomic E-state index is 13.9. The summed E-state index contributed by atoms with van der Waals surface area (Å²) in [5, 5.41) is 0. The highest BCUT2D eigenvalue weighted by molar-refractivity contribution is 5.72. The van der Waals surface area contributed by atoms with Crippen LogP contribution in [0.2, 0.25) is 0 Å². The standard InChI is InChI=1S/C24H36F2O2/c1-2-3-17-4-6-18(7-5-17)8-9-19-10-12-20(13-11-19)24(27)28-23-15-14-21(25)16-22(23)26/h17-23H,2-7,10-16H2,1H3. The van der Waals surface area contributed by atoms with Gasteiger partial charge in [-0.25, -0.2) is 8.78 Å². The molecule has 0 amide bonds. The van der Waals surface area contributed by atoms with Crippen LogP contribution in [-0.4, -0.2) is 24.4 Å². The molecule has 0 aliphatic heterocycles. The first-order chi connectivity index (χ1) is 13.5. The van der Waals surface area contributed by atoms with E-state index in [-0.39, 0.29) is 18.3 Å². The molecule has 3 saturated carbocycles. The number of hydrogen-bond acceptors (Lipinski definition) is 2. The van der Waals surface area contributed by atoms with E-state index in [2.05, 4.69) is 18.8 Å². The average molecular weight is 395 g/mol. The molecule has 0 saturated heterocycles. The van der Waals surface area contributed by atoms with Gasteiger partial charge in [-0.1, -0.05) is 31.6 Å². The van der Waals surface area contributed by atoms with Gasteiger partial charge in [0, 0.05) is 18.3 Å². The van der Waals surface area contributed by atoms with Crippen LogP contribution in [0, 0.1) is 35.5 Å². The summed E-state index contributed by atoms with van der Waals surface area (Å²) in [6.45, 7) is 2.27. The SMILES string of the molecule is CCCC1CCC(C#CC2CCC(C(=O)OC3CCC(F)CC3F)CC2)CC1. The molecule has 3 unspecified atom stereocenters. The molecule has 4 heteroatoms. The van der Waals surface area contributed by atoms with Crippen LogP contribution in [0.15, 0.2) is 0 Å². The quantitative estimate of drug-likeness (QED) is 0.421. The third kappa shape index (κ3) is 6.19. The largest absolute Gasteiger partial charge is 0.459 e. The molecule has 0 heterocycles. The van der Waals surface area contributed by atoms with Crippen LogP contribution in [0.3, 0.4) is 0 Å². The summed E-state index contributed by atoms with van der Waals surface area (Å²) in [7, 11) is 0. The number of alkyl halides is 2. The normalized spacial score (nSPS) is 38.9. The van der Waals surface area contributed by atoms with E-state index in [0.717, 1.165) is 31.6 Å². The van der Waals surface area contributed by atoms with Crippen molar-refractivity contribution in [2.24, 2.45) is 23.7 Å². The van der Waals surface area contributed by atoms with Crippen LogP contribution in [0.1, 0.15) is 90.4 Å². The molecule has 2 nitrogen and oxygen atoms in total. The van der Waals surface area contributed by atoms with E-state index in [9.17, 15) is 13.6 Å². The van der Waals surface area contributed by atoms with E-state index in [0.29, 0.717) is 24.7 Å². The predicted octanol–water partition coefficient (Wildman–Crippen LogP) is 6.17. The molecule has 158 valence electrons. The Bertz CT molecular complexity index is 551. The Labute approximate surface area is 169 Å². The molecule has 0 aromatic rings. The zero-order chi connectivity index (χ0) is 19.9. The second-order valence-corrected chi connectivity index (χ2v) is 9.25. The van der Waals surface area contributed by atoms with Crippen LogP contribution in [-0.2, 0) is 9.53 Å². The lowest BCUT2D eigenvalue weighted by atomic mass is 9.79. The molecule has 0 spiro atoms. The van der Waals surface area contributed by atoms with Crippen molar-refractivity contribution >= 4 is 5.97 Å². The third-order valence-electron chi connectivity index (χ3n) is 7.01. The first-order valence-corrected chi connectivity index (χ1v) is 11.5. The molecule has 0 bridgehead atoms. The molecular weight excluding hydrogens is 358 g/mol. The number of carbonyl (C=O) groups is 1. The Morgan fingerprint density at radius 1 is 0.893 bits per heavy atom. The molecule has 3 aliphatic carbocycles. The van der Waals surface area contributed by atoms with Gasteiger partial charge in [-0.05, 0) is 70.1 Å².